The van der Waals surface area contributed by atoms with Gasteiger partial charge >= 0.3 is 0 Å². The van der Waals surface area contributed by atoms with Crippen molar-refractivity contribution in [2.24, 2.45) is 0 Å². The lowest BCUT2D eigenvalue weighted by atomic mass is 9.91. The second-order valence-corrected chi connectivity index (χ2v) is 4.58. The monoisotopic (exact) mass is 158 g/mol. The SMILES string of the molecule is C[N+](C)(C)C1CCC(O)CC1. The highest BCUT2D eigenvalue weighted by molar-refractivity contribution is 4.71. The smallest absolute Gasteiger partial charge is 0.0886 e. The van der Waals surface area contributed by atoms with Crippen LogP contribution in [0.2, 0.25) is 0 Å². The van der Waals surface area contributed by atoms with Gasteiger partial charge in [-0.25, -0.2) is 0 Å². The van der Waals surface area contributed by atoms with Gasteiger partial charge < -0.3 is 9.59 Å². The van der Waals surface area contributed by atoms with Gasteiger partial charge in [0.1, 0.15) is 0 Å². The van der Waals surface area contributed by atoms with Gasteiger partial charge in [0.15, 0.2) is 0 Å². The first-order valence-corrected chi connectivity index (χ1v) is 4.49. The molecule has 0 heterocycles. The Morgan fingerprint density at radius 1 is 1.00 bits per heavy atom. The molecule has 1 aliphatic rings. The van der Waals surface area contributed by atoms with Gasteiger partial charge in [-0.15, -0.1) is 0 Å². The number of hydrogen-bond donors (Lipinski definition) is 1. The van der Waals surface area contributed by atoms with Crippen LogP contribution in [0.25, 0.3) is 0 Å². The molecule has 1 saturated carbocycles. The topological polar surface area (TPSA) is 20.2 Å². The molecule has 0 bridgehead atoms. The van der Waals surface area contributed by atoms with Gasteiger partial charge in [-0.2, -0.15) is 0 Å². The summed E-state index contributed by atoms with van der Waals surface area (Å²) in [4.78, 5) is 0. The summed E-state index contributed by atoms with van der Waals surface area (Å²) in [7, 11) is 6.72. The molecule has 1 fully saturated rings. The molecule has 0 aromatic rings. The van der Waals surface area contributed by atoms with Crippen LogP contribution in [0, 0.1) is 0 Å². The molecule has 0 aromatic carbocycles. The van der Waals surface area contributed by atoms with Gasteiger partial charge in [-0.3, -0.25) is 0 Å². The van der Waals surface area contributed by atoms with Gasteiger partial charge in [-0.1, -0.05) is 0 Å². The molecule has 1 aliphatic carbocycles. The Hall–Kier alpha value is -0.0800. The van der Waals surface area contributed by atoms with E-state index in [1.807, 2.05) is 0 Å². The summed E-state index contributed by atoms with van der Waals surface area (Å²) in [5.74, 6) is 0. The van der Waals surface area contributed by atoms with Crippen molar-refractivity contribution in [3.8, 4) is 0 Å². The Morgan fingerprint density at radius 3 is 1.82 bits per heavy atom. The number of rotatable bonds is 1. The Balaban J connectivity index is 2.39. The molecule has 0 amide bonds. The summed E-state index contributed by atoms with van der Waals surface area (Å²) in [6, 6.07) is 0.762. The van der Waals surface area contributed by atoms with Gasteiger partial charge in [-0.05, 0) is 12.8 Å². The number of nitrogens with zero attached hydrogens (tertiary/aromatic N) is 1. The number of aliphatic hydroxyl groups excluding tert-OH is 1. The van der Waals surface area contributed by atoms with Crippen LogP contribution in [-0.4, -0.2) is 42.9 Å². The molecule has 0 atom stereocenters. The largest absolute Gasteiger partial charge is 0.393 e. The lowest BCUT2D eigenvalue weighted by molar-refractivity contribution is -0.897. The molecule has 1 rings (SSSR count). The fourth-order valence-electron chi connectivity index (χ4n) is 1.83. The molecule has 0 aliphatic heterocycles. The number of aliphatic hydroxyl groups is 1. The molecular formula is C9H20NO+. The van der Waals surface area contributed by atoms with Crippen LogP contribution in [0.3, 0.4) is 0 Å². The predicted octanol–water partition coefficient (Wildman–Crippen LogP) is 0.996. The van der Waals surface area contributed by atoms with Crippen LogP contribution >= 0.6 is 0 Å². The van der Waals surface area contributed by atoms with E-state index in [1.165, 1.54) is 12.8 Å². The van der Waals surface area contributed by atoms with E-state index in [4.69, 9.17) is 0 Å². The van der Waals surface area contributed by atoms with Crippen molar-refractivity contribution in [2.45, 2.75) is 37.8 Å². The average Bonchev–Trinajstić information content (AvgIpc) is 1.86. The van der Waals surface area contributed by atoms with E-state index < -0.39 is 0 Å². The molecule has 0 saturated heterocycles. The van der Waals surface area contributed by atoms with E-state index in [0.717, 1.165) is 23.4 Å². The highest BCUT2D eigenvalue weighted by Crippen LogP contribution is 2.24. The maximum absolute atomic E-state index is 9.29. The van der Waals surface area contributed by atoms with Crippen LogP contribution < -0.4 is 0 Å². The zero-order chi connectivity index (χ0) is 8.48. The molecule has 0 unspecified atom stereocenters. The average molecular weight is 158 g/mol. The van der Waals surface area contributed by atoms with Gasteiger partial charge in [0.25, 0.3) is 0 Å². The molecule has 66 valence electrons. The molecule has 0 radical (unpaired) electrons. The van der Waals surface area contributed by atoms with Crippen LogP contribution in [0.1, 0.15) is 25.7 Å². The van der Waals surface area contributed by atoms with Crippen LogP contribution in [-0.2, 0) is 0 Å². The molecule has 0 aromatic heterocycles. The minimum Gasteiger partial charge on any atom is -0.393 e. The number of hydrogen-bond acceptors (Lipinski definition) is 1. The quantitative estimate of drug-likeness (QED) is 0.564. The van der Waals surface area contributed by atoms with Crippen molar-refractivity contribution in [3.05, 3.63) is 0 Å². The van der Waals surface area contributed by atoms with E-state index in [1.54, 1.807) is 0 Å². The maximum Gasteiger partial charge on any atom is 0.0886 e. The van der Waals surface area contributed by atoms with E-state index in [2.05, 4.69) is 21.1 Å². The minimum atomic E-state index is -0.0159. The van der Waals surface area contributed by atoms with Gasteiger partial charge in [0.05, 0.1) is 33.3 Å². The van der Waals surface area contributed by atoms with Crippen LogP contribution in [0.4, 0.5) is 0 Å². The maximum atomic E-state index is 9.29. The summed E-state index contributed by atoms with van der Waals surface area (Å²) < 4.78 is 1.05. The molecule has 0 spiro atoms. The lowest BCUT2D eigenvalue weighted by Crippen LogP contribution is -2.47. The van der Waals surface area contributed by atoms with E-state index in [-0.39, 0.29) is 6.10 Å². The molecule has 2 nitrogen and oxygen atoms in total. The van der Waals surface area contributed by atoms with Crippen LogP contribution in [0.5, 0.6) is 0 Å². The van der Waals surface area contributed by atoms with Crippen molar-refractivity contribution in [2.75, 3.05) is 21.1 Å². The van der Waals surface area contributed by atoms with E-state index in [0.29, 0.717) is 0 Å². The summed E-state index contributed by atoms with van der Waals surface area (Å²) in [6.07, 6.45) is 4.35. The van der Waals surface area contributed by atoms with Crippen LogP contribution in [0.15, 0.2) is 0 Å². The third-order valence-electron chi connectivity index (χ3n) is 2.76. The molecule has 11 heavy (non-hydrogen) atoms. The van der Waals surface area contributed by atoms with Gasteiger partial charge in [0.2, 0.25) is 0 Å². The first kappa shape index (κ1) is 9.01. The second-order valence-electron chi connectivity index (χ2n) is 4.58. The molecular weight excluding hydrogens is 138 g/mol. The summed E-state index contributed by atoms with van der Waals surface area (Å²) >= 11 is 0. The third kappa shape index (κ3) is 2.46. The predicted molar refractivity (Wildman–Crippen MR) is 46.3 cm³/mol. The van der Waals surface area contributed by atoms with E-state index in [9.17, 15) is 5.11 Å². The van der Waals surface area contributed by atoms with Crippen molar-refractivity contribution in [1.29, 1.82) is 0 Å². The summed E-state index contributed by atoms with van der Waals surface area (Å²) in [6.45, 7) is 0. The summed E-state index contributed by atoms with van der Waals surface area (Å²) in [5.41, 5.74) is 0. The first-order valence-electron chi connectivity index (χ1n) is 4.49. The zero-order valence-corrected chi connectivity index (χ0v) is 7.88. The molecule has 1 N–H and O–H groups in total. The lowest BCUT2D eigenvalue weighted by Gasteiger charge is -2.37. The van der Waals surface area contributed by atoms with Crippen molar-refractivity contribution in [1.82, 2.24) is 0 Å². The third-order valence-corrected chi connectivity index (χ3v) is 2.76. The fourth-order valence-corrected chi connectivity index (χ4v) is 1.83. The Morgan fingerprint density at radius 2 is 1.45 bits per heavy atom. The Bertz CT molecular complexity index is 120. The second kappa shape index (κ2) is 3.11. The highest BCUT2D eigenvalue weighted by Gasteiger charge is 2.28. The van der Waals surface area contributed by atoms with Crippen molar-refractivity contribution >= 4 is 0 Å². The molecule has 2 heteroatoms. The fraction of sp³-hybridized carbons (Fsp3) is 1.00. The minimum absolute atomic E-state index is 0.0159. The summed E-state index contributed by atoms with van der Waals surface area (Å²) in [5, 5.41) is 9.29. The zero-order valence-electron chi connectivity index (χ0n) is 7.88. The number of quaternary nitrogens is 1. The highest BCUT2D eigenvalue weighted by atomic mass is 16.3. The van der Waals surface area contributed by atoms with Gasteiger partial charge in [0, 0.05) is 12.8 Å². The normalized spacial score (nSPS) is 33.8. The van der Waals surface area contributed by atoms with Crippen molar-refractivity contribution < 1.29 is 9.59 Å². The standard InChI is InChI=1S/C9H20NO/c1-10(2,3)8-4-6-9(11)7-5-8/h8-9,11H,4-7H2,1-3H3/q+1. The van der Waals surface area contributed by atoms with Crippen molar-refractivity contribution in [3.63, 3.8) is 0 Å². The Kier molecular flexibility index (Phi) is 2.55. The first-order chi connectivity index (χ1) is 5.00. The van der Waals surface area contributed by atoms with E-state index >= 15 is 0 Å². The Labute approximate surface area is 69.4 Å².